The predicted octanol–water partition coefficient (Wildman–Crippen LogP) is 0.808. The van der Waals surface area contributed by atoms with Crippen LogP contribution < -0.4 is 9.44 Å². The van der Waals surface area contributed by atoms with Gasteiger partial charge in [-0.3, -0.25) is 4.90 Å². The van der Waals surface area contributed by atoms with Crippen LogP contribution in [0.2, 0.25) is 0 Å². The van der Waals surface area contributed by atoms with Crippen LogP contribution in [-0.2, 0) is 10.2 Å². The molecule has 1 fully saturated rings. The minimum absolute atomic E-state index is 0.0497. The molecule has 0 aromatic heterocycles. The Hall–Kier alpha value is -0.990. The molecule has 0 aliphatic carbocycles. The van der Waals surface area contributed by atoms with Crippen molar-refractivity contribution in [1.82, 2.24) is 19.2 Å². The maximum Gasteiger partial charge on any atom is 0.277 e. The van der Waals surface area contributed by atoms with E-state index in [0.29, 0.717) is 6.54 Å². The lowest BCUT2D eigenvalue weighted by Crippen LogP contribution is -2.50. The summed E-state index contributed by atoms with van der Waals surface area (Å²) in [6, 6.07) is 10.0. The van der Waals surface area contributed by atoms with Crippen molar-refractivity contribution in [1.29, 1.82) is 0 Å². The van der Waals surface area contributed by atoms with E-state index in [1.165, 1.54) is 0 Å². The van der Waals surface area contributed by atoms with Crippen molar-refractivity contribution >= 4 is 10.2 Å². The summed E-state index contributed by atoms with van der Waals surface area (Å²) in [7, 11) is -1.36. The van der Waals surface area contributed by atoms with E-state index in [4.69, 9.17) is 0 Å². The molecule has 1 aliphatic heterocycles. The Balaban J connectivity index is 2.08. The minimum atomic E-state index is -3.47. The first-order valence-electron chi connectivity index (χ1n) is 8.12. The first kappa shape index (κ1) is 18.4. The van der Waals surface area contributed by atoms with Crippen molar-refractivity contribution in [3.8, 4) is 0 Å². The molecule has 0 amide bonds. The van der Waals surface area contributed by atoms with E-state index in [-0.39, 0.29) is 12.1 Å². The lowest BCUT2D eigenvalue weighted by atomic mass is 10.0. The molecule has 1 saturated heterocycles. The second kappa shape index (κ2) is 8.21. The molecular formula is C16H28N4O2S. The number of hydrogen-bond donors (Lipinski definition) is 2. The summed E-state index contributed by atoms with van der Waals surface area (Å²) < 4.78 is 29.4. The van der Waals surface area contributed by atoms with Crippen molar-refractivity contribution in [3.63, 3.8) is 0 Å². The van der Waals surface area contributed by atoms with Gasteiger partial charge in [0.05, 0.1) is 0 Å². The van der Waals surface area contributed by atoms with Gasteiger partial charge in [-0.25, -0.2) is 4.72 Å². The van der Waals surface area contributed by atoms with Gasteiger partial charge in [0, 0.05) is 44.8 Å². The number of likely N-dealkylation sites (N-methyl/N-ethyl adjacent to an activating group) is 1. The highest BCUT2D eigenvalue weighted by molar-refractivity contribution is 7.87. The molecule has 0 radical (unpaired) electrons. The van der Waals surface area contributed by atoms with Crippen LogP contribution in [0.25, 0.3) is 0 Å². The maximum absolute atomic E-state index is 12.1. The van der Waals surface area contributed by atoms with Crippen molar-refractivity contribution in [2.75, 3.05) is 39.8 Å². The lowest BCUT2D eigenvalue weighted by molar-refractivity contribution is 0.113. The van der Waals surface area contributed by atoms with Crippen molar-refractivity contribution < 1.29 is 8.42 Å². The quantitative estimate of drug-likeness (QED) is 0.771. The largest absolute Gasteiger partial charge is 0.304 e. The van der Waals surface area contributed by atoms with Crippen LogP contribution in [0.5, 0.6) is 0 Å². The Morgan fingerprint density at radius 3 is 2.26 bits per heavy atom. The Kier molecular flexibility index (Phi) is 6.55. The molecule has 0 saturated carbocycles. The zero-order valence-corrected chi connectivity index (χ0v) is 15.0. The molecule has 1 aromatic rings. The third-order valence-electron chi connectivity index (χ3n) is 4.02. The van der Waals surface area contributed by atoms with Crippen molar-refractivity contribution in [2.45, 2.75) is 25.9 Å². The Morgan fingerprint density at radius 2 is 1.70 bits per heavy atom. The summed E-state index contributed by atoms with van der Waals surface area (Å²) in [5.41, 5.74) is 1.14. The third-order valence-corrected chi connectivity index (χ3v) is 5.35. The molecule has 130 valence electrons. The average molecular weight is 340 g/mol. The zero-order chi connectivity index (χ0) is 16.9. The first-order valence-corrected chi connectivity index (χ1v) is 9.60. The van der Waals surface area contributed by atoms with Gasteiger partial charge in [-0.1, -0.05) is 30.3 Å². The van der Waals surface area contributed by atoms with Crippen LogP contribution >= 0.6 is 0 Å². The monoisotopic (exact) mass is 340 g/mol. The highest BCUT2D eigenvalue weighted by Crippen LogP contribution is 2.21. The highest BCUT2D eigenvalue weighted by atomic mass is 32.2. The highest BCUT2D eigenvalue weighted by Gasteiger charge is 2.25. The van der Waals surface area contributed by atoms with Crippen LogP contribution in [0.4, 0.5) is 0 Å². The summed E-state index contributed by atoms with van der Waals surface area (Å²) in [5.74, 6) is 0. The standard InChI is InChI=1S/C16H28N4O2S/c1-14(2)18-23(21,22)17-13-16(15-7-5-4-6-8-15)20-11-9-19(3)10-12-20/h4-8,14,16-18H,9-13H2,1-3H3. The average Bonchev–Trinajstić information content (AvgIpc) is 2.49. The van der Waals surface area contributed by atoms with E-state index in [0.717, 1.165) is 31.7 Å². The fourth-order valence-corrected chi connectivity index (χ4v) is 3.89. The van der Waals surface area contributed by atoms with E-state index < -0.39 is 10.2 Å². The van der Waals surface area contributed by atoms with Crippen LogP contribution in [-0.4, -0.2) is 64.0 Å². The summed E-state index contributed by atoms with van der Waals surface area (Å²) >= 11 is 0. The Labute approximate surface area is 140 Å². The van der Waals surface area contributed by atoms with Gasteiger partial charge in [-0.15, -0.1) is 0 Å². The SMILES string of the molecule is CC(C)NS(=O)(=O)NCC(c1ccccc1)N1CCN(C)CC1. The van der Waals surface area contributed by atoms with E-state index in [1.807, 2.05) is 32.0 Å². The molecule has 1 heterocycles. The molecule has 2 N–H and O–H groups in total. The molecule has 7 heteroatoms. The lowest BCUT2D eigenvalue weighted by Gasteiger charge is -2.38. The fourth-order valence-electron chi connectivity index (χ4n) is 2.81. The number of nitrogens with one attached hydrogen (secondary N) is 2. The van der Waals surface area contributed by atoms with Crippen molar-refractivity contribution in [2.24, 2.45) is 0 Å². The number of hydrogen-bond acceptors (Lipinski definition) is 4. The maximum atomic E-state index is 12.1. The van der Waals surface area contributed by atoms with E-state index in [2.05, 4.69) is 38.4 Å². The summed E-state index contributed by atoms with van der Waals surface area (Å²) in [5, 5.41) is 0. The molecule has 1 aliphatic rings. The van der Waals surface area contributed by atoms with Gasteiger partial charge in [0.1, 0.15) is 0 Å². The summed E-state index contributed by atoms with van der Waals surface area (Å²) in [4.78, 5) is 4.65. The third kappa shape index (κ3) is 5.86. The smallest absolute Gasteiger partial charge is 0.277 e. The summed E-state index contributed by atoms with van der Waals surface area (Å²) in [6.07, 6.45) is 0. The number of benzene rings is 1. The van der Waals surface area contributed by atoms with Gasteiger partial charge >= 0.3 is 0 Å². The number of piperazine rings is 1. The van der Waals surface area contributed by atoms with Gasteiger partial charge in [-0.2, -0.15) is 13.1 Å². The van der Waals surface area contributed by atoms with Gasteiger partial charge in [-0.05, 0) is 26.5 Å². The molecule has 0 bridgehead atoms. The van der Waals surface area contributed by atoms with Gasteiger partial charge in [0.2, 0.25) is 0 Å². The fraction of sp³-hybridized carbons (Fsp3) is 0.625. The molecule has 0 spiro atoms. The molecule has 2 rings (SSSR count). The van der Waals surface area contributed by atoms with Gasteiger partial charge in [0.25, 0.3) is 10.2 Å². The predicted molar refractivity (Wildman–Crippen MR) is 93.4 cm³/mol. The topological polar surface area (TPSA) is 64.7 Å². The molecular weight excluding hydrogens is 312 g/mol. The summed E-state index contributed by atoms with van der Waals surface area (Å²) in [6.45, 7) is 7.88. The number of nitrogens with zero attached hydrogens (tertiary/aromatic N) is 2. The van der Waals surface area contributed by atoms with Crippen molar-refractivity contribution in [3.05, 3.63) is 35.9 Å². The Morgan fingerprint density at radius 1 is 1.09 bits per heavy atom. The second-order valence-electron chi connectivity index (χ2n) is 6.39. The van der Waals surface area contributed by atoms with Gasteiger partial charge < -0.3 is 4.90 Å². The van der Waals surface area contributed by atoms with Gasteiger partial charge in [0.15, 0.2) is 0 Å². The minimum Gasteiger partial charge on any atom is -0.304 e. The molecule has 23 heavy (non-hydrogen) atoms. The zero-order valence-electron chi connectivity index (χ0n) is 14.2. The van der Waals surface area contributed by atoms with Crippen LogP contribution in [0, 0.1) is 0 Å². The molecule has 1 unspecified atom stereocenters. The number of rotatable bonds is 7. The second-order valence-corrected chi connectivity index (χ2v) is 7.92. The van der Waals surface area contributed by atoms with Crippen LogP contribution in [0.15, 0.2) is 30.3 Å². The van der Waals surface area contributed by atoms with E-state index in [1.54, 1.807) is 0 Å². The molecule has 1 atom stereocenters. The van der Waals surface area contributed by atoms with Crippen LogP contribution in [0.3, 0.4) is 0 Å². The Bertz CT molecular complexity index is 569. The molecule has 1 aromatic carbocycles. The van der Waals surface area contributed by atoms with E-state index in [9.17, 15) is 8.42 Å². The van der Waals surface area contributed by atoms with Crippen LogP contribution in [0.1, 0.15) is 25.5 Å². The first-order chi connectivity index (χ1) is 10.9. The normalized spacial score (nSPS) is 19.1. The van der Waals surface area contributed by atoms with E-state index >= 15 is 0 Å². The molecule has 6 nitrogen and oxygen atoms in total.